The van der Waals surface area contributed by atoms with Crippen LogP contribution in [0.25, 0.3) is 22.8 Å². The van der Waals surface area contributed by atoms with Crippen molar-refractivity contribution in [1.82, 2.24) is 9.88 Å². The van der Waals surface area contributed by atoms with Gasteiger partial charge in [0.05, 0.1) is 18.9 Å². The molecule has 0 bridgehead atoms. The fraction of sp³-hybridized carbons (Fsp3) is 0.148. The van der Waals surface area contributed by atoms with E-state index in [1.807, 2.05) is 43.3 Å². The van der Waals surface area contributed by atoms with Crippen LogP contribution in [0.15, 0.2) is 89.5 Å². The van der Waals surface area contributed by atoms with Crippen molar-refractivity contribution in [3.8, 4) is 28.5 Å². The first kappa shape index (κ1) is 22.8. The normalized spacial score (nSPS) is 10.5. The molecule has 0 aliphatic rings. The number of benzene rings is 3. The van der Waals surface area contributed by atoms with E-state index in [9.17, 15) is 9.59 Å². The maximum Gasteiger partial charge on any atom is 0.255 e. The number of hydrogen-bond acceptors (Lipinski definition) is 5. The van der Waals surface area contributed by atoms with Gasteiger partial charge in [0.2, 0.25) is 11.8 Å². The van der Waals surface area contributed by atoms with E-state index in [2.05, 4.69) is 10.3 Å². The van der Waals surface area contributed by atoms with E-state index < -0.39 is 0 Å². The van der Waals surface area contributed by atoms with Gasteiger partial charge in [0.25, 0.3) is 5.91 Å². The molecule has 172 valence electrons. The highest BCUT2D eigenvalue weighted by atomic mass is 16.5. The van der Waals surface area contributed by atoms with Crippen molar-refractivity contribution < 1.29 is 18.7 Å². The monoisotopic (exact) mass is 455 g/mol. The molecule has 0 aliphatic carbocycles. The molecule has 0 unspecified atom stereocenters. The number of methoxy groups -OCH3 is 1. The first-order valence-electron chi connectivity index (χ1n) is 10.9. The Morgan fingerprint density at radius 2 is 1.76 bits per heavy atom. The third-order valence-electron chi connectivity index (χ3n) is 5.31. The highest BCUT2D eigenvalue weighted by molar-refractivity contribution is 6.03. The highest BCUT2D eigenvalue weighted by Crippen LogP contribution is 2.29. The number of carbonyl (C=O) groups excluding carboxylic acids is 2. The topological polar surface area (TPSA) is 84.7 Å². The van der Waals surface area contributed by atoms with Gasteiger partial charge in [-0.05, 0) is 31.2 Å². The quantitative estimate of drug-likeness (QED) is 0.399. The molecule has 0 atom stereocenters. The number of nitrogens with one attached hydrogen (secondary N) is 1. The zero-order valence-corrected chi connectivity index (χ0v) is 19.0. The molecular formula is C27H25N3O4. The van der Waals surface area contributed by atoms with E-state index in [4.69, 9.17) is 9.15 Å². The van der Waals surface area contributed by atoms with Crippen molar-refractivity contribution in [3.05, 3.63) is 90.6 Å². The summed E-state index contributed by atoms with van der Waals surface area (Å²) >= 11 is 0. The smallest absolute Gasteiger partial charge is 0.255 e. The van der Waals surface area contributed by atoms with Gasteiger partial charge in [-0.1, -0.05) is 48.5 Å². The number of rotatable bonds is 8. The van der Waals surface area contributed by atoms with Gasteiger partial charge in [-0.15, -0.1) is 0 Å². The predicted octanol–water partition coefficient (Wildman–Crippen LogP) is 5.12. The van der Waals surface area contributed by atoms with E-state index in [0.717, 1.165) is 5.56 Å². The molecule has 0 aliphatic heterocycles. The number of amides is 2. The molecule has 0 radical (unpaired) electrons. The number of nitrogens with zero attached hydrogens (tertiary/aromatic N) is 2. The Morgan fingerprint density at radius 1 is 1.00 bits per heavy atom. The van der Waals surface area contributed by atoms with Crippen molar-refractivity contribution in [3.63, 3.8) is 0 Å². The minimum atomic E-state index is -0.302. The van der Waals surface area contributed by atoms with E-state index in [0.29, 0.717) is 40.8 Å². The van der Waals surface area contributed by atoms with Crippen LogP contribution in [0.3, 0.4) is 0 Å². The fourth-order valence-corrected chi connectivity index (χ4v) is 3.56. The second-order valence-corrected chi connectivity index (χ2v) is 7.54. The van der Waals surface area contributed by atoms with Crippen molar-refractivity contribution in [2.24, 2.45) is 0 Å². The molecule has 0 spiro atoms. The number of hydrogen-bond donors (Lipinski definition) is 1. The van der Waals surface area contributed by atoms with E-state index >= 15 is 0 Å². The van der Waals surface area contributed by atoms with Gasteiger partial charge in [-0.2, -0.15) is 0 Å². The summed E-state index contributed by atoms with van der Waals surface area (Å²) in [6.07, 6.45) is 1.64. The molecule has 4 rings (SSSR count). The summed E-state index contributed by atoms with van der Waals surface area (Å²) in [5.74, 6) is 1.01. The molecule has 0 saturated heterocycles. The summed E-state index contributed by atoms with van der Waals surface area (Å²) in [5.41, 5.74) is 2.48. The third-order valence-corrected chi connectivity index (χ3v) is 5.31. The Labute approximate surface area is 198 Å². The van der Waals surface area contributed by atoms with Crippen molar-refractivity contribution in [2.45, 2.75) is 6.92 Å². The molecule has 3 aromatic carbocycles. The maximum absolute atomic E-state index is 13.4. The molecule has 7 nitrogen and oxygen atoms in total. The van der Waals surface area contributed by atoms with Gasteiger partial charge in [0.15, 0.2) is 5.76 Å². The Hall–Kier alpha value is -4.39. The molecule has 0 fully saturated rings. The Bertz CT molecular complexity index is 1280. The second kappa shape index (κ2) is 10.5. The van der Waals surface area contributed by atoms with Crippen LogP contribution >= 0.6 is 0 Å². The molecule has 1 heterocycles. The Morgan fingerprint density at radius 3 is 2.53 bits per heavy atom. The minimum absolute atomic E-state index is 0.0955. The van der Waals surface area contributed by atoms with E-state index in [-0.39, 0.29) is 18.4 Å². The highest BCUT2D eigenvalue weighted by Gasteiger charge is 2.22. The third kappa shape index (κ3) is 5.15. The van der Waals surface area contributed by atoms with Crippen molar-refractivity contribution in [2.75, 3.05) is 25.5 Å². The fourth-order valence-electron chi connectivity index (χ4n) is 3.56. The van der Waals surface area contributed by atoms with Gasteiger partial charge in [-0.3, -0.25) is 9.59 Å². The van der Waals surface area contributed by atoms with E-state index in [1.165, 1.54) is 4.90 Å². The Balaban J connectivity index is 1.53. The number of likely N-dealkylation sites (N-methyl/N-ethyl adjacent to an activating group) is 1. The number of carbonyl (C=O) groups is 2. The lowest BCUT2D eigenvalue weighted by Crippen LogP contribution is -2.38. The van der Waals surface area contributed by atoms with Crippen LogP contribution in [0.1, 0.15) is 17.3 Å². The van der Waals surface area contributed by atoms with Gasteiger partial charge < -0.3 is 19.4 Å². The van der Waals surface area contributed by atoms with Gasteiger partial charge in [0.1, 0.15) is 12.3 Å². The first-order chi connectivity index (χ1) is 16.6. The SMILES string of the molecule is CCN(CC(=O)Nc1cccc(OC)c1)C(=O)c1ccccc1-c1ncc(-c2ccccc2)o1. The molecule has 2 amide bonds. The van der Waals surface area contributed by atoms with E-state index in [1.54, 1.807) is 55.8 Å². The van der Waals surface area contributed by atoms with Crippen molar-refractivity contribution >= 4 is 17.5 Å². The summed E-state index contributed by atoms with van der Waals surface area (Å²) in [4.78, 5) is 31.9. The lowest BCUT2D eigenvalue weighted by molar-refractivity contribution is -0.116. The largest absolute Gasteiger partial charge is 0.497 e. The molecule has 1 N–H and O–H groups in total. The van der Waals surface area contributed by atoms with Gasteiger partial charge in [0, 0.05) is 29.4 Å². The van der Waals surface area contributed by atoms with Crippen LogP contribution in [-0.4, -0.2) is 41.9 Å². The summed E-state index contributed by atoms with van der Waals surface area (Å²) in [5, 5.41) is 2.81. The van der Waals surface area contributed by atoms with Crippen LogP contribution in [0.5, 0.6) is 5.75 Å². The molecule has 1 aromatic heterocycles. The lowest BCUT2D eigenvalue weighted by Gasteiger charge is -2.21. The number of anilines is 1. The number of aromatic nitrogens is 1. The average molecular weight is 456 g/mol. The van der Waals surface area contributed by atoms with Crippen LogP contribution < -0.4 is 10.1 Å². The summed E-state index contributed by atoms with van der Waals surface area (Å²) < 4.78 is 11.2. The molecular weight excluding hydrogens is 430 g/mol. The maximum atomic E-state index is 13.4. The summed E-state index contributed by atoms with van der Waals surface area (Å²) in [6.45, 7) is 2.10. The van der Waals surface area contributed by atoms with Gasteiger partial charge in [-0.25, -0.2) is 4.98 Å². The molecule has 7 heteroatoms. The second-order valence-electron chi connectivity index (χ2n) is 7.54. The standard InChI is InChI=1S/C27H25N3O4/c1-3-30(18-25(31)29-20-12-9-13-21(16-20)33-2)27(32)23-15-8-7-14-22(23)26-28-17-24(34-26)19-10-5-4-6-11-19/h4-17H,3,18H2,1-2H3,(H,29,31). The van der Waals surface area contributed by atoms with Crippen LogP contribution in [0.4, 0.5) is 5.69 Å². The van der Waals surface area contributed by atoms with Crippen LogP contribution in [0.2, 0.25) is 0 Å². The first-order valence-corrected chi connectivity index (χ1v) is 10.9. The summed E-state index contributed by atoms with van der Waals surface area (Å²) in [6, 6.07) is 23.8. The minimum Gasteiger partial charge on any atom is -0.497 e. The Kier molecular flexibility index (Phi) is 7.03. The van der Waals surface area contributed by atoms with Crippen LogP contribution in [-0.2, 0) is 4.79 Å². The number of oxazole rings is 1. The molecule has 0 saturated carbocycles. The summed E-state index contributed by atoms with van der Waals surface area (Å²) in [7, 11) is 1.56. The zero-order chi connectivity index (χ0) is 23.9. The molecule has 34 heavy (non-hydrogen) atoms. The molecule has 4 aromatic rings. The zero-order valence-electron chi connectivity index (χ0n) is 19.0. The lowest BCUT2D eigenvalue weighted by atomic mass is 10.1. The average Bonchev–Trinajstić information content (AvgIpc) is 3.38. The number of ether oxygens (including phenoxy) is 1. The van der Waals surface area contributed by atoms with Crippen molar-refractivity contribution in [1.29, 1.82) is 0 Å². The van der Waals surface area contributed by atoms with Gasteiger partial charge >= 0.3 is 0 Å². The predicted molar refractivity (Wildman–Crippen MR) is 131 cm³/mol. The van der Waals surface area contributed by atoms with Crippen LogP contribution in [0, 0.1) is 0 Å².